The second kappa shape index (κ2) is 7.11. The van der Waals surface area contributed by atoms with Crippen molar-refractivity contribution in [3.63, 3.8) is 0 Å². The zero-order valence-electron chi connectivity index (χ0n) is 16.3. The standard InChI is InChI=1S/C21H24N6O2/c1-26-15-6-4-7-16(26)10-14(9-15)23-21(29)18-11-19(28)27(25-18)20-17-8-3-2-5-13(17)12-22-24-20/h2-3,5,8,11-12,14-16,25H,4,6-7,9-10H2,1H3,(H,23,29)/t14?,15-,16+. The Labute approximate surface area is 167 Å². The largest absolute Gasteiger partial charge is 0.348 e. The Morgan fingerprint density at radius 2 is 1.97 bits per heavy atom. The predicted molar refractivity (Wildman–Crippen MR) is 109 cm³/mol. The van der Waals surface area contributed by atoms with Gasteiger partial charge in [-0.2, -0.15) is 9.78 Å². The maximum atomic E-state index is 12.8. The van der Waals surface area contributed by atoms with Crippen molar-refractivity contribution in [2.45, 2.75) is 50.2 Å². The number of nitrogens with one attached hydrogen (secondary N) is 2. The number of benzene rings is 1. The molecule has 2 aliphatic rings. The molecular formula is C21H24N6O2. The monoisotopic (exact) mass is 392 g/mol. The molecule has 150 valence electrons. The number of H-pyrrole nitrogens is 1. The van der Waals surface area contributed by atoms with E-state index in [4.69, 9.17) is 0 Å². The zero-order valence-corrected chi connectivity index (χ0v) is 16.3. The number of fused-ring (bicyclic) bond motifs is 3. The van der Waals surface area contributed by atoms with Crippen molar-refractivity contribution < 1.29 is 4.79 Å². The highest BCUT2D eigenvalue weighted by Gasteiger charge is 2.36. The number of rotatable bonds is 3. The summed E-state index contributed by atoms with van der Waals surface area (Å²) in [7, 11) is 2.19. The molecule has 8 heteroatoms. The van der Waals surface area contributed by atoms with Gasteiger partial charge in [0.25, 0.3) is 11.5 Å². The first-order chi connectivity index (χ1) is 14.1. The summed E-state index contributed by atoms with van der Waals surface area (Å²) in [5.74, 6) is 0.141. The number of hydrogen-bond acceptors (Lipinski definition) is 5. The van der Waals surface area contributed by atoms with E-state index in [1.54, 1.807) is 6.20 Å². The van der Waals surface area contributed by atoms with Crippen LogP contribution < -0.4 is 10.9 Å². The van der Waals surface area contributed by atoms with Crippen LogP contribution in [0.4, 0.5) is 0 Å². The lowest BCUT2D eigenvalue weighted by atomic mass is 9.82. The summed E-state index contributed by atoms with van der Waals surface area (Å²) in [6, 6.07) is 10.1. The van der Waals surface area contributed by atoms with Crippen LogP contribution in [0.1, 0.15) is 42.6 Å². The number of aromatic amines is 1. The van der Waals surface area contributed by atoms with E-state index < -0.39 is 0 Å². The molecule has 1 aromatic carbocycles. The maximum absolute atomic E-state index is 12.8. The minimum absolute atomic E-state index is 0.137. The van der Waals surface area contributed by atoms with Crippen molar-refractivity contribution >= 4 is 16.7 Å². The van der Waals surface area contributed by atoms with Crippen molar-refractivity contribution in [3.8, 4) is 5.82 Å². The van der Waals surface area contributed by atoms with Crippen LogP contribution in [0.3, 0.4) is 0 Å². The highest BCUT2D eigenvalue weighted by Crippen LogP contribution is 2.32. The Morgan fingerprint density at radius 1 is 1.21 bits per heavy atom. The quantitative estimate of drug-likeness (QED) is 0.709. The summed E-state index contributed by atoms with van der Waals surface area (Å²) in [4.78, 5) is 27.9. The van der Waals surface area contributed by atoms with Crippen molar-refractivity contribution in [2.75, 3.05) is 7.05 Å². The van der Waals surface area contributed by atoms with E-state index in [1.807, 2.05) is 24.3 Å². The topological polar surface area (TPSA) is 95.9 Å². The second-order valence-electron chi connectivity index (χ2n) is 8.14. The fourth-order valence-corrected chi connectivity index (χ4v) is 4.84. The Kier molecular flexibility index (Phi) is 4.43. The summed E-state index contributed by atoms with van der Waals surface area (Å²) in [5.41, 5.74) is -0.0881. The first-order valence-corrected chi connectivity index (χ1v) is 10.2. The fourth-order valence-electron chi connectivity index (χ4n) is 4.84. The molecule has 0 aliphatic carbocycles. The number of aromatic nitrogens is 4. The summed E-state index contributed by atoms with van der Waals surface area (Å²) >= 11 is 0. The van der Waals surface area contributed by atoms with Crippen molar-refractivity contribution in [1.29, 1.82) is 0 Å². The van der Waals surface area contributed by atoms with Gasteiger partial charge in [-0.3, -0.25) is 14.7 Å². The van der Waals surface area contributed by atoms with Crippen LogP contribution in [0, 0.1) is 0 Å². The van der Waals surface area contributed by atoms with Gasteiger partial charge in [-0.25, -0.2) is 0 Å². The number of carbonyl (C=O) groups excluding carboxylic acids is 1. The van der Waals surface area contributed by atoms with Gasteiger partial charge in [0, 0.05) is 35.0 Å². The lowest BCUT2D eigenvalue weighted by molar-refractivity contribution is 0.0462. The second-order valence-corrected chi connectivity index (χ2v) is 8.14. The maximum Gasteiger partial charge on any atom is 0.273 e. The summed E-state index contributed by atoms with van der Waals surface area (Å²) in [6.45, 7) is 0. The van der Waals surface area contributed by atoms with E-state index >= 15 is 0 Å². The van der Waals surface area contributed by atoms with Gasteiger partial charge < -0.3 is 10.2 Å². The van der Waals surface area contributed by atoms with Gasteiger partial charge in [-0.1, -0.05) is 30.7 Å². The number of piperidine rings is 2. The molecule has 4 heterocycles. The molecule has 0 radical (unpaired) electrons. The van der Waals surface area contributed by atoms with E-state index in [0.717, 1.165) is 23.6 Å². The Hall–Kier alpha value is -3.00. The molecule has 2 saturated heterocycles. The normalized spacial score (nSPS) is 24.5. The first-order valence-electron chi connectivity index (χ1n) is 10.2. The van der Waals surface area contributed by atoms with Crippen LogP contribution in [0.15, 0.2) is 41.3 Å². The van der Waals surface area contributed by atoms with Gasteiger partial charge in [-0.05, 0) is 32.7 Å². The van der Waals surface area contributed by atoms with Gasteiger partial charge in [0.15, 0.2) is 5.82 Å². The Balaban J connectivity index is 1.39. The summed E-state index contributed by atoms with van der Waals surface area (Å²) in [5, 5.41) is 15.8. The van der Waals surface area contributed by atoms with Crippen molar-refractivity contribution in [2.24, 2.45) is 0 Å². The van der Waals surface area contributed by atoms with Gasteiger partial charge in [-0.15, -0.1) is 5.10 Å². The molecule has 1 amide bonds. The molecule has 2 aliphatic heterocycles. The average molecular weight is 392 g/mol. The third kappa shape index (κ3) is 3.23. The number of hydrogen-bond donors (Lipinski definition) is 2. The molecule has 3 atom stereocenters. The Bertz CT molecular complexity index is 1100. The Morgan fingerprint density at radius 3 is 2.76 bits per heavy atom. The minimum atomic E-state index is -0.332. The predicted octanol–water partition coefficient (Wildman–Crippen LogP) is 1.85. The smallest absolute Gasteiger partial charge is 0.273 e. The van der Waals surface area contributed by atoms with Gasteiger partial charge >= 0.3 is 0 Å². The van der Waals surface area contributed by atoms with Gasteiger partial charge in [0.1, 0.15) is 5.69 Å². The molecule has 8 nitrogen and oxygen atoms in total. The molecule has 2 aromatic heterocycles. The SMILES string of the molecule is CN1[C@@H]2CCC[C@H]1CC(NC(=O)c1cc(=O)n(-c3nncc4ccccc34)[nH]1)C2. The zero-order chi connectivity index (χ0) is 20.0. The van der Waals surface area contributed by atoms with Crippen molar-refractivity contribution in [3.05, 3.63) is 52.6 Å². The average Bonchev–Trinajstić information content (AvgIpc) is 3.10. The molecule has 3 aromatic rings. The molecular weight excluding hydrogens is 368 g/mol. The minimum Gasteiger partial charge on any atom is -0.348 e. The molecule has 2 fully saturated rings. The number of amides is 1. The van der Waals surface area contributed by atoms with Crippen LogP contribution in [-0.4, -0.2) is 56.0 Å². The van der Waals surface area contributed by atoms with Crippen molar-refractivity contribution in [1.82, 2.24) is 30.2 Å². The van der Waals surface area contributed by atoms with E-state index in [-0.39, 0.29) is 23.2 Å². The van der Waals surface area contributed by atoms with Crippen LogP contribution >= 0.6 is 0 Å². The summed E-state index contributed by atoms with van der Waals surface area (Å²) in [6.07, 6.45) is 7.20. The first kappa shape index (κ1) is 18.1. The molecule has 0 saturated carbocycles. The van der Waals surface area contributed by atoms with E-state index in [9.17, 15) is 9.59 Å². The molecule has 2 N–H and O–H groups in total. The molecule has 2 bridgehead atoms. The third-order valence-corrected chi connectivity index (χ3v) is 6.40. The number of carbonyl (C=O) groups is 1. The van der Waals surface area contributed by atoms with E-state index in [2.05, 4.69) is 32.6 Å². The molecule has 0 spiro atoms. The third-order valence-electron chi connectivity index (χ3n) is 6.40. The summed E-state index contributed by atoms with van der Waals surface area (Å²) < 4.78 is 1.29. The number of nitrogens with zero attached hydrogens (tertiary/aromatic N) is 4. The van der Waals surface area contributed by atoms with Gasteiger partial charge in [0.05, 0.1) is 6.20 Å². The molecule has 5 rings (SSSR count). The molecule has 29 heavy (non-hydrogen) atoms. The van der Waals surface area contributed by atoms with Gasteiger partial charge in [0.2, 0.25) is 0 Å². The fraction of sp³-hybridized carbons (Fsp3) is 0.429. The van der Waals surface area contributed by atoms with Crippen LogP contribution in [0.25, 0.3) is 16.6 Å². The highest BCUT2D eigenvalue weighted by molar-refractivity contribution is 5.92. The lowest BCUT2D eigenvalue weighted by Crippen LogP contribution is -2.55. The van der Waals surface area contributed by atoms with Crippen LogP contribution in [0.2, 0.25) is 0 Å². The van der Waals surface area contributed by atoms with Crippen LogP contribution in [0.5, 0.6) is 0 Å². The lowest BCUT2D eigenvalue weighted by Gasteiger charge is -2.47. The molecule has 1 unspecified atom stereocenters. The van der Waals surface area contributed by atoms with Crippen LogP contribution in [-0.2, 0) is 0 Å². The highest BCUT2D eigenvalue weighted by atomic mass is 16.2. The van der Waals surface area contributed by atoms with E-state index in [0.29, 0.717) is 17.9 Å². The van der Waals surface area contributed by atoms with E-state index in [1.165, 1.54) is 30.0 Å².